The summed E-state index contributed by atoms with van der Waals surface area (Å²) in [6.45, 7) is 4.14. The molecule has 124 valence electrons. The maximum Gasteiger partial charge on any atom is 0.339 e. The Balaban J connectivity index is 2.13. The monoisotopic (exact) mass is 342 g/mol. The van der Waals surface area contributed by atoms with Crippen molar-refractivity contribution in [1.29, 1.82) is 0 Å². The Hall–Kier alpha value is -2.24. The van der Waals surface area contributed by atoms with Gasteiger partial charge in [0.15, 0.2) is 11.1 Å². The minimum atomic E-state index is -1.88. The lowest BCUT2D eigenvalue weighted by Crippen LogP contribution is -2.02. The van der Waals surface area contributed by atoms with E-state index >= 15 is 0 Å². The zero-order valence-electron chi connectivity index (χ0n) is 13.5. The quantitative estimate of drug-likeness (QED) is 0.682. The molecule has 0 aromatic heterocycles. The van der Waals surface area contributed by atoms with Crippen molar-refractivity contribution in [3.8, 4) is 0 Å². The fourth-order valence-corrected chi connectivity index (χ4v) is 3.59. The van der Waals surface area contributed by atoms with Gasteiger partial charge in [-0.1, -0.05) is 42.5 Å². The normalized spacial score (nSPS) is 15.5. The first-order valence-electron chi connectivity index (χ1n) is 7.61. The van der Waals surface area contributed by atoms with Gasteiger partial charge in [0.05, 0.1) is 11.3 Å². The van der Waals surface area contributed by atoms with Gasteiger partial charge < -0.3 is 9.29 Å². The van der Waals surface area contributed by atoms with E-state index in [1.807, 2.05) is 56.3 Å². The first-order chi connectivity index (χ1) is 11.5. The van der Waals surface area contributed by atoms with Crippen molar-refractivity contribution in [3.05, 3.63) is 70.3 Å². The highest BCUT2D eigenvalue weighted by Crippen LogP contribution is 2.35. The van der Waals surface area contributed by atoms with Crippen molar-refractivity contribution in [3.63, 3.8) is 0 Å². The number of ether oxygens (including phenoxy) is 1. The van der Waals surface area contributed by atoms with Crippen LogP contribution < -0.4 is 0 Å². The number of carbonyl (C=O) groups is 1. The summed E-state index contributed by atoms with van der Waals surface area (Å²) in [4.78, 5) is 12.2. The third-order valence-electron chi connectivity index (χ3n) is 4.42. The highest BCUT2D eigenvalue weighted by atomic mass is 32.2. The molecule has 3 rings (SSSR count). The summed E-state index contributed by atoms with van der Waals surface area (Å²) in [5, 5.41) is 0. The molecule has 1 atom stereocenters. The van der Waals surface area contributed by atoms with E-state index in [2.05, 4.69) is 0 Å². The number of hydrogen-bond acceptors (Lipinski definition) is 3. The van der Waals surface area contributed by atoms with E-state index in [0.717, 1.165) is 33.4 Å². The van der Waals surface area contributed by atoms with E-state index in [9.17, 15) is 9.00 Å². The summed E-state index contributed by atoms with van der Waals surface area (Å²) >= 11 is -1.88. The van der Waals surface area contributed by atoms with Crippen molar-refractivity contribution in [2.75, 3.05) is 6.61 Å². The van der Waals surface area contributed by atoms with Crippen LogP contribution in [0.4, 0.5) is 0 Å². The fourth-order valence-electron chi connectivity index (χ4n) is 3.01. The predicted molar refractivity (Wildman–Crippen MR) is 94.6 cm³/mol. The maximum absolute atomic E-state index is 12.2. The zero-order valence-corrected chi connectivity index (χ0v) is 14.4. The molecule has 0 aliphatic carbocycles. The van der Waals surface area contributed by atoms with Gasteiger partial charge in [-0.25, -0.2) is 9.00 Å². The first kappa shape index (κ1) is 16.6. The minimum Gasteiger partial charge on any atom is -0.457 e. The number of rotatable bonds is 4. The Morgan fingerprint density at radius 1 is 1.08 bits per heavy atom. The molecule has 0 fully saturated rings. The molecule has 1 N–H and O–H groups in total. The van der Waals surface area contributed by atoms with Gasteiger partial charge in [0.1, 0.15) is 6.61 Å². The van der Waals surface area contributed by atoms with Crippen molar-refractivity contribution in [1.82, 2.24) is 0 Å². The van der Waals surface area contributed by atoms with E-state index in [0.29, 0.717) is 5.57 Å². The van der Waals surface area contributed by atoms with Gasteiger partial charge in [0.25, 0.3) is 0 Å². The van der Waals surface area contributed by atoms with Crippen LogP contribution in [-0.4, -0.2) is 21.3 Å². The molecule has 24 heavy (non-hydrogen) atoms. The molecule has 0 saturated carbocycles. The Morgan fingerprint density at radius 2 is 1.79 bits per heavy atom. The second-order valence-corrected chi connectivity index (χ2v) is 6.72. The van der Waals surface area contributed by atoms with Crippen LogP contribution in [0.2, 0.25) is 0 Å². The number of benzene rings is 2. The number of hydrogen-bond donors (Lipinski definition) is 1. The molecule has 0 saturated heterocycles. The van der Waals surface area contributed by atoms with Gasteiger partial charge in [-0.05, 0) is 41.7 Å². The molecule has 0 bridgehead atoms. The van der Waals surface area contributed by atoms with Crippen molar-refractivity contribution >= 4 is 28.2 Å². The number of carbonyl (C=O) groups excluding carboxylic acids is 1. The molecule has 2 aromatic rings. The molecule has 0 amide bonds. The Morgan fingerprint density at radius 3 is 2.46 bits per heavy atom. The average molecular weight is 342 g/mol. The van der Waals surface area contributed by atoms with E-state index in [4.69, 9.17) is 9.29 Å². The zero-order chi connectivity index (χ0) is 17.3. The van der Waals surface area contributed by atoms with Gasteiger partial charge >= 0.3 is 5.97 Å². The van der Waals surface area contributed by atoms with Gasteiger partial charge in [0.2, 0.25) is 0 Å². The summed E-state index contributed by atoms with van der Waals surface area (Å²) in [6, 6.07) is 13.2. The summed E-state index contributed by atoms with van der Waals surface area (Å²) in [5.74, 6) is -0.207. The van der Waals surface area contributed by atoms with E-state index in [1.54, 1.807) is 0 Å². The van der Waals surface area contributed by atoms with Gasteiger partial charge in [-0.15, -0.1) is 0 Å². The number of cyclic esters (lactones) is 1. The second kappa shape index (κ2) is 6.71. The Kier molecular flexibility index (Phi) is 4.64. The molecule has 0 spiro atoms. The highest BCUT2D eigenvalue weighted by molar-refractivity contribution is 7.78. The SMILES string of the molecule is Cc1c(CS(=O)O)ccc(C2=C(c3ccccc3)C(=O)OC2)c1C. The van der Waals surface area contributed by atoms with Crippen LogP contribution in [0, 0.1) is 13.8 Å². The first-order valence-corrected chi connectivity index (χ1v) is 8.89. The third-order valence-corrected chi connectivity index (χ3v) is 4.98. The summed E-state index contributed by atoms with van der Waals surface area (Å²) < 4.78 is 25.5. The molecule has 1 aliphatic rings. The van der Waals surface area contributed by atoms with Crippen LogP contribution in [0.15, 0.2) is 42.5 Å². The molecular formula is C19H18O4S. The van der Waals surface area contributed by atoms with E-state index < -0.39 is 11.1 Å². The van der Waals surface area contributed by atoms with Gasteiger partial charge in [-0.2, -0.15) is 0 Å². The number of esters is 1. The molecule has 5 heteroatoms. The Bertz CT molecular complexity index is 853. The van der Waals surface area contributed by atoms with Crippen LogP contribution in [0.25, 0.3) is 11.1 Å². The molecule has 1 unspecified atom stereocenters. The summed E-state index contributed by atoms with van der Waals surface area (Å²) in [7, 11) is 0. The third kappa shape index (κ3) is 3.05. The molecule has 2 aromatic carbocycles. The lowest BCUT2D eigenvalue weighted by Gasteiger charge is -2.14. The molecule has 0 radical (unpaired) electrons. The van der Waals surface area contributed by atoms with Crippen molar-refractivity contribution < 1.29 is 18.3 Å². The van der Waals surface area contributed by atoms with Crippen molar-refractivity contribution in [2.45, 2.75) is 19.6 Å². The maximum atomic E-state index is 12.2. The Labute approximate surface area is 143 Å². The average Bonchev–Trinajstić information content (AvgIpc) is 2.94. The second-order valence-electron chi connectivity index (χ2n) is 5.78. The minimum absolute atomic E-state index is 0.104. The smallest absolute Gasteiger partial charge is 0.339 e. The molecular weight excluding hydrogens is 324 g/mol. The molecule has 1 heterocycles. The van der Waals surface area contributed by atoms with Crippen LogP contribution in [0.1, 0.15) is 27.8 Å². The fraction of sp³-hybridized carbons (Fsp3) is 0.211. The lowest BCUT2D eigenvalue weighted by molar-refractivity contribution is -0.133. The van der Waals surface area contributed by atoms with Crippen LogP contribution in [0.5, 0.6) is 0 Å². The van der Waals surface area contributed by atoms with Crippen LogP contribution in [-0.2, 0) is 26.4 Å². The summed E-state index contributed by atoms with van der Waals surface area (Å²) in [6.07, 6.45) is 0. The van der Waals surface area contributed by atoms with E-state index in [1.165, 1.54) is 0 Å². The topological polar surface area (TPSA) is 63.6 Å². The van der Waals surface area contributed by atoms with Crippen LogP contribution >= 0.6 is 0 Å². The van der Waals surface area contributed by atoms with Crippen LogP contribution in [0.3, 0.4) is 0 Å². The predicted octanol–water partition coefficient (Wildman–Crippen LogP) is 3.49. The van der Waals surface area contributed by atoms with E-state index in [-0.39, 0.29) is 18.3 Å². The standard InChI is InChI=1S/C19H18O4S/c1-12-13(2)16(9-8-15(12)11-24(21)22)17-10-23-19(20)18(17)14-6-4-3-5-7-14/h3-9H,10-11H2,1-2H3,(H,21,22). The highest BCUT2D eigenvalue weighted by Gasteiger charge is 2.28. The van der Waals surface area contributed by atoms with Gasteiger partial charge in [-0.3, -0.25) is 0 Å². The molecule has 1 aliphatic heterocycles. The largest absolute Gasteiger partial charge is 0.457 e. The molecule has 4 nitrogen and oxygen atoms in total. The van der Waals surface area contributed by atoms with Gasteiger partial charge in [0, 0.05) is 5.57 Å². The van der Waals surface area contributed by atoms with Crippen molar-refractivity contribution in [2.24, 2.45) is 0 Å². The lowest BCUT2D eigenvalue weighted by atomic mass is 9.90. The summed E-state index contributed by atoms with van der Waals surface area (Å²) in [5.41, 5.74) is 6.05.